The molecule has 0 N–H and O–H groups in total. The van der Waals surface area contributed by atoms with Crippen LogP contribution < -0.4 is 4.90 Å². The molecule has 0 radical (unpaired) electrons. The molecule has 0 saturated heterocycles. The van der Waals surface area contributed by atoms with Crippen LogP contribution in [0.1, 0.15) is 6.92 Å². The second kappa shape index (κ2) is 6.72. The molecule has 0 saturated carbocycles. The first-order valence-corrected chi connectivity index (χ1v) is 8.24. The van der Waals surface area contributed by atoms with Crippen molar-refractivity contribution >= 4 is 16.9 Å². The van der Waals surface area contributed by atoms with Crippen LogP contribution in [0, 0.1) is 0 Å². The molecule has 3 heterocycles. The van der Waals surface area contributed by atoms with Crippen molar-refractivity contribution in [1.29, 1.82) is 0 Å². The van der Waals surface area contributed by atoms with Crippen molar-refractivity contribution < 1.29 is 4.42 Å². The zero-order valence-corrected chi connectivity index (χ0v) is 13.9. The molecule has 3 aromatic heterocycles. The van der Waals surface area contributed by atoms with E-state index >= 15 is 0 Å². The lowest BCUT2D eigenvalue weighted by Gasteiger charge is -2.20. The highest BCUT2D eigenvalue weighted by Crippen LogP contribution is 2.26. The van der Waals surface area contributed by atoms with Crippen molar-refractivity contribution in [1.82, 2.24) is 25.0 Å². The van der Waals surface area contributed by atoms with E-state index in [2.05, 4.69) is 32.1 Å². The average Bonchev–Trinajstić information content (AvgIpc) is 3.32. The third-order valence-electron chi connectivity index (χ3n) is 4.05. The van der Waals surface area contributed by atoms with Gasteiger partial charge in [0.2, 0.25) is 5.95 Å². The molecule has 7 heteroatoms. The zero-order valence-electron chi connectivity index (χ0n) is 13.9. The summed E-state index contributed by atoms with van der Waals surface area (Å²) in [6, 6.07) is 11.8. The Kier molecular flexibility index (Phi) is 4.12. The molecule has 0 aliphatic rings. The summed E-state index contributed by atoms with van der Waals surface area (Å²) in [4.78, 5) is 6.71. The fourth-order valence-corrected chi connectivity index (χ4v) is 2.71. The Morgan fingerprint density at radius 2 is 2.12 bits per heavy atom. The highest BCUT2D eigenvalue weighted by molar-refractivity contribution is 5.82. The fraction of sp³-hybridized carbons (Fsp3) is 0.222. The number of anilines is 1. The lowest BCUT2D eigenvalue weighted by Crippen LogP contribution is -2.29. The molecule has 7 nitrogen and oxygen atoms in total. The summed E-state index contributed by atoms with van der Waals surface area (Å²) < 4.78 is 7.77. The molecule has 0 bridgehead atoms. The van der Waals surface area contributed by atoms with Crippen LogP contribution in [0.2, 0.25) is 0 Å². The molecule has 25 heavy (non-hydrogen) atoms. The van der Waals surface area contributed by atoms with Crippen molar-refractivity contribution in [2.75, 3.05) is 18.0 Å². The fourth-order valence-electron chi connectivity index (χ4n) is 2.71. The topological polar surface area (TPSA) is 72.9 Å². The number of para-hydroxylation sites is 1. The van der Waals surface area contributed by atoms with Crippen LogP contribution in [0.3, 0.4) is 0 Å². The molecule has 0 spiro atoms. The van der Waals surface area contributed by atoms with Gasteiger partial charge in [0.05, 0.1) is 12.7 Å². The van der Waals surface area contributed by atoms with Gasteiger partial charge in [0, 0.05) is 30.9 Å². The minimum Gasteiger partial charge on any atom is -0.454 e. The monoisotopic (exact) mass is 334 g/mol. The standard InChI is InChI=1S/C18H18N6O/c1-2-23(10-11-24-9-5-8-20-24)18-21-15(13-19-22-18)17-12-14-6-3-4-7-16(14)25-17/h3-9,12-13H,2,10-11H2,1H3. The van der Waals surface area contributed by atoms with Gasteiger partial charge in [-0.2, -0.15) is 10.2 Å². The van der Waals surface area contributed by atoms with E-state index in [1.54, 1.807) is 12.4 Å². The van der Waals surface area contributed by atoms with E-state index in [9.17, 15) is 0 Å². The molecule has 4 aromatic rings. The Balaban J connectivity index is 1.59. The highest BCUT2D eigenvalue weighted by Gasteiger charge is 2.13. The maximum absolute atomic E-state index is 5.88. The van der Waals surface area contributed by atoms with Crippen molar-refractivity contribution in [3.05, 3.63) is 55.0 Å². The van der Waals surface area contributed by atoms with E-state index in [1.807, 2.05) is 47.3 Å². The second-order valence-electron chi connectivity index (χ2n) is 5.64. The first-order chi connectivity index (χ1) is 12.3. The summed E-state index contributed by atoms with van der Waals surface area (Å²) in [6.45, 7) is 4.37. The number of rotatable bonds is 6. The number of benzene rings is 1. The van der Waals surface area contributed by atoms with Gasteiger partial charge >= 0.3 is 0 Å². The van der Waals surface area contributed by atoms with Gasteiger partial charge in [0.1, 0.15) is 11.3 Å². The maximum Gasteiger partial charge on any atom is 0.246 e. The Bertz CT molecular complexity index is 930. The van der Waals surface area contributed by atoms with E-state index in [4.69, 9.17) is 4.42 Å². The summed E-state index contributed by atoms with van der Waals surface area (Å²) in [5, 5.41) is 13.6. The normalized spacial score (nSPS) is 11.1. The largest absolute Gasteiger partial charge is 0.454 e. The summed E-state index contributed by atoms with van der Waals surface area (Å²) in [7, 11) is 0. The number of fused-ring (bicyclic) bond motifs is 1. The number of hydrogen-bond acceptors (Lipinski definition) is 6. The Morgan fingerprint density at radius 1 is 1.20 bits per heavy atom. The molecular formula is C18H18N6O. The number of nitrogens with zero attached hydrogens (tertiary/aromatic N) is 6. The first kappa shape index (κ1) is 15.3. The molecule has 4 rings (SSSR count). The number of furan rings is 1. The summed E-state index contributed by atoms with van der Waals surface area (Å²) >= 11 is 0. The number of likely N-dealkylation sites (N-methyl/N-ethyl adjacent to an activating group) is 1. The molecule has 0 aliphatic carbocycles. The van der Waals surface area contributed by atoms with Gasteiger partial charge in [-0.3, -0.25) is 4.68 Å². The number of aromatic nitrogens is 5. The van der Waals surface area contributed by atoms with Crippen LogP contribution in [-0.4, -0.2) is 38.1 Å². The SMILES string of the molecule is CCN(CCn1cccn1)c1nncc(-c2cc3ccccc3o2)n1. The number of hydrogen-bond donors (Lipinski definition) is 0. The molecule has 126 valence electrons. The van der Waals surface area contributed by atoms with E-state index in [1.165, 1.54) is 0 Å². The molecular weight excluding hydrogens is 316 g/mol. The van der Waals surface area contributed by atoms with Gasteiger partial charge in [0.15, 0.2) is 5.76 Å². The minimum absolute atomic E-state index is 0.590. The Hall–Kier alpha value is -3.22. The van der Waals surface area contributed by atoms with Crippen LogP contribution in [-0.2, 0) is 6.54 Å². The lowest BCUT2D eigenvalue weighted by molar-refractivity contribution is 0.591. The molecule has 1 aromatic carbocycles. The van der Waals surface area contributed by atoms with Gasteiger partial charge in [-0.1, -0.05) is 18.2 Å². The Labute approximate surface area is 144 Å². The third-order valence-corrected chi connectivity index (χ3v) is 4.05. The van der Waals surface area contributed by atoms with Gasteiger partial charge in [0.25, 0.3) is 0 Å². The van der Waals surface area contributed by atoms with Crippen LogP contribution in [0.5, 0.6) is 0 Å². The summed E-state index contributed by atoms with van der Waals surface area (Å²) in [5.74, 6) is 1.29. The van der Waals surface area contributed by atoms with E-state index in [-0.39, 0.29) is 0 Å². The molecule has 0 unspecified atom stereocenters. The summed E-state index contributed by atoms with van der Waals surface area (Å²) in [6.07, 6.45) is 5.34. The van der Waals surface area contributed by atoms with Crippen molar-refractivity contribution in [3.63, 3.8) is 0 Å². The van der Waals surface area contributed by atoms with Gasteiger partial charge in [-0.25, -0.2) is 4.98 Å². The smallest absolute Gasteiger partial charge is 0.246 e. The quantitative estimate of drug-likeness (QED) is 0.540. The van der Waals surface area contributed by atoms with E-state index in [0.717, 1.165) is 30.6 Å². The van der Waals surface area contributed by atoms with Crippen molar-refractivity contribution in [2.24, 2.45) is 0 Å². The van der Waals surface area contributed by atoms with Crippen LogP contribution in [0.4, 0.5) is 5.95 Å². The minimum atomic E-state index is 0.590. The predicted molar refractivity (Wildman–Crippen MR) is 95.1 cm³/mol. The first-order valence-electron chi connectivity index (χ1n) is 8.24. The third kappa shape index (κ3) is 3.21. The highest BCUT2D eigenvalue weighted by atomic mass is 16.3. The van der Waals surface area contributed by atoms with Crippen LogP contribution >= 0.6 is 0 Å². The van der Waals surface area contributed by atoms with Crippen LogP contribution in [0.15, 0.2) is 59.4 Å². The second-order valence-corrected chi connectivity index (χ2v) is 5.64. The molecule has 0 amide bonds. The molecule has 0 atom stereocenters. The van der Waals surface area contributed by atoms with Gasteiger partial charge < -0.3 is 9.32 Å². The zero-order chi connectivity index (χ0) is 17.1. The molecule has 0 fully saturated rings. The van der Waals surface area contributed by atoms with E-state index < -0.39 is 0 Å². The average molecular weight is 334 g/mol. The summed E-state index contributed by atoms with van der Waals surface area (Å²) in [5.41, 5.74) is 1.52. The predicted octanol–water partition coefficient (Wildman–Crippen LogP) is 3.01. The lowest BCUT2D eigenvalue weighted by atomic mass is 10.2. The van der Waals surface area contributed by atoms with Crippen LogP contribution in [0.25, 0.3) is 22.4 Å². The Morgan fingerprint density at radius 3 is 2.92 bits per heavy atom. The van der Waals surface area contributed by atoms with Crippen molar-refractivity contribution in [3.8, 4) is 11.5 Å². The molecule has 0 aliphatic heterocycles. The van der Waals surface area contributed by atoms with Crippen molar-refractivity contribution in [2.45, 2.75) is 13.5 Å². The van der Waals surface area contributed by atoms with Gasteiger partial charge in [-0.05, 0) is 25.1 Å². The van der Waals surface area contributed by atoms with Gasteiger partial charge in [-0.15, -0.1) is 5.10 Å². The van der Waals surface area contributed by atoms with E-state index in [0.29, 0.717) is 17.4 Å². The maximum atomic E-state index is 5.88.